The highest BCUT2D eigenvalue weighted by Crippen LogP contribution is 2.36. The SMILES string of the molecule is O=C(O)c1cc(Nc2nc(Nc3ccc(N=Nc4cc(S(=O)(=O)O)c5cccc(S(=O)(=O)O)c5c4)c(C(=O)O)c3)[nH]c(=O)n2)ccc1N=Nc1cc(S(=O)(=O)O)c2cccc(S(=O)(=O)O)c2c1. The van der Waals surface area contributed by atoms with Gasteiger partial charge in [-0.2, -0.15) is 53.9 Å². The molecule has 7 rings (SSSR count). The van der Waals surface area contributed by atoms with E-state index in [0.29, 0.717) is 0 Å². The van der Waals surface area contributed by atoms with Crippen molar-refractivity contribution < 1.29 is 71.7 Å². The first-order valence-electron chi connectivity index (χ1n) is 17.9. The average molecular weight is 996 g/mol. The predicted octanol–water partition coefficient (Wildman–Crippen LogP) is 6.17. The third-order valence-corrected chi connectivity index (χ3v) is 12.7. The first kappa shape index (κ1) is 47.0. The van der Waals surface area contributed by atoms with Crippen LogP contribution in [0.15, 0.2) is 142 Å². The number of fused-ring (bicyclic) bond motifs is 2. The van der Waals surface area contributed by atoms with Crippen molar-refractivity contribution >= 4 is 120 Å². The Morgan fingerprint density at radius 2 is 0.910 bits per heavy atom. The number of aromatic carboxylic acids is 2. The Hall–Kier alpha value is -7.97. The molecule has 6 aromatic carbocycles. The maximum atomic E-state index is 12.5. The number of hydrogen-bond donors (Lipinski definition) is 9. The lowest BCUT2D eigenvalue weighted by atomic mass is 10.1. The number of H-pyrrole nitrogens is 1. The summed E-state index contributed by atoms with van der Waals surface area (Å²) in [6, 6.07) is 17.1. The van der Waals surface area contributed by atoms with E-state index < -0.39 is 94.8 Å². The van der Waals surface area contributed by atoms with E-state index in [0.717, 1.165) is 84.9 Å². The number of aromatic amines is 1. The Balaban J connectivity index is 1.15. The fourth-order valence-electron chi connectivity index (χ4n) is 6.34. The van der Waals surface area contributed by atoms with Gasteiger partial charge < -0.3 is 20.8 Å². The first-order chi connectivity index (χ1) is 31.3. The third-order valence-electron chi connectivity index (χ3n) is 9.09. The Labute approximate surface area is 374 Å². The van der Waals surface area contributed by atoms with E-state index >= 15 is 0 Å². The summed E-state index contributed by atoms with van der Waals surface area (Å²) in [6.07, 6.45) is 0. The summed E-state index contributed by atoms with van der Waals surface area (Å²) < 4.78 is 136. The molecule has 0 spiro atoms. The van der Waals surface area contributed by atoms with Gasteiger partial charge in [-0.25, -0.2) is 14.4 Å². The quantitative estimate of drug-likeness (QED) is 0.0434. The van der Waals surface area contributed by atoms with Crippen molar-refractivity contribution in [2.45, 2.75) is 19.6 Å². The molecule has 0 aliphatic carbocycles. The zero-order valence-corrected chi connectivity index (χ0v) is 36.0. The Morgan fingerprint density at radius 1 is 0.493 bits per heavy atom. The van der Waals surface area contributed by atoms with Crippen LogP contribution in [0.5, 0.6) is 0 Å². The summed E-state index contributed by atoms with van der Waals surface area (Å²) in [5, 5.41) is 39.3. The number of benzene rings is 6. The number of azo groups is 2. The summed E-state index contributed by atoms with van der Waals surface area (Å²) in [5.74, 6) is -3.84. The van der Waals surface area contributed by atoms with E-state index in [1.165, 1.54) is 12.1 Å². The van der Waals surface area contributed by atoms with Gasteiger partial charge in [0.1, 0.15) is 31.0 Å². The molecular formula is C37H25N9O17S4. The van der Waals surface area contributed by atoms with E-state index in [4.69, 9.17) is 0 Å². The Kier molecular flexibility index (Phi) is 12.2. The fraction of sp³-hybridized carbons (Fsp3) is 0. The summed E-state index contributed by atoms with van der Waals surface area (Å²) in [4.78, 5) is 44.1. The van der Waals surface area contributed by atoms with Gasteiger partial charge >= 0.3 is 17.6 Å². The van der Waals surface area contributed by atoms with Crippen molar-refractivity contribution in [3.63, 3.8) is 0 Å². The average Bonchev–Trinajstić information content (AvgIpc) is 3.22. The molecule has 26 nitrogen and oxygen atoms in total. The van der Waals surface area contributed by atoms with Crippen LogP contribution in [0.4, 0.5) is 46.0 Å². The Bertz CT molecular complexity index is 3620. The van der Waals surface area contributed by atoms with Gasteiger partial charge in [-0.3, -0.25) is 23.2 Å². The summed E-state index contributed by atoms with van der Waals surface area (Å²) >= 11 is 0. The normalized spacial score (nSPS) is 12.5. The van der Waals surface area contributed by atoms with Crippen LogP contribution in [0.1, 0.15) is 20.7 Å². The topological polar surface area (TPSA) is 424 Å². The van der Waals surface area contributed by atoms with Gasteiger partial charge in [-0.1, -0.05) is 24.3 Å². The first-order valence-corrected chi connectivity index (χ1v) is 23.7. The number of anilines is 4. The van der Waals surface area contributed by atoms with Gasteiger partial charge in [-0.15, -0.1) is 10.2 Å². The zero-order valence-electron chi connectivity index (χ0n) is 32.7. The zero-order chi connectivity index (χ0) is 48.8. The van der Waals surface area contributed by atoms with E-state index in [9.17, 15) is 76.5 Å². The minimum Gasteiger partial charge on any atom is -0.478 e. The van der Waals surface area contributed by atoms with Gasteiger partial charge in [0.05, 0.1) is 22.5 Å². The molecule has 0 atom stereocenters. The van der Waals surface area contributed by atoms with Crippen LogP contribution in [0.25, 0.3) is 21.5 Å². The molecule has 9 N–H and O–H groups in total. The molecule has 7 aromatic rings. The summed E-state index contributed by atoms with van der Waals surface area (Å²) in [5.41, 5.74) is -3.48. The molecule has 1 heterocycles. The molecular weight excluding hydrogens is 971 g/mol. The number of carboxylic acid groups (broad SMARTS) is 2. The minimum atomic E-state index is -5.00. The third kappa shape index (κ3) is 10.5. The van der Waals surface area contributed by atoms with Gasteiger partial charge in [0.2, 0.25) is 11.9 Å². The largest absolute Gasteiger partial charge is 0.478 e. The second-order valence-electron chi connectivity index (χ2n) is 13.5. The molecule has 67 heavy (non-hydrogen) atoms. The lowest BCUT2D eigenvalue weighted by molar-refractivity contribution is 0.0687. The molecule has 0 fully saturated rings. The molecule has 0 bridgehead atoms. The van der Waals surface area contributed by atoms with Crippen LogP contribution >= 0.6 is 0 Å². The van der Waals surface area contributed by atoms with Crippen LogP contribution in [-0.4, -0.2) is 89.0 Å². The molecule has 0 saturated heterocycles. The standard InChI is InChI=1S/C37H25N9O17S4/c47-33(48)25-11-17(7-9-27(25)45-43-19-13-23-21(31(15-19)66(58,59)60)3-1-5-29(23)64(52,53)54)38-35-40-36(42-37(51)41-35)39-18-8-10-28(26(12-18)34(49)50)46-44-20-14-24-22(32(16-20)67(61,62)63)4-2-6-30(24)65(55,56)57/h1-16H,(H,47,48)(H,49,50)(H,52,53,54)(H,55,56,57)(H,58,59,60)(H,61,62,63)(H3,38,39,40,41,42,51). The Morgan fingerprint density at radius 3 is 1.31 bits per heavy atom. The molecule has 0 aliphatic rings. The number of carbonyl (C=O) groups is 2. The maximum Gasteiger partial charge on any atom is 0.351 e. The van der Waals surface area contributed by atoms with Gasteiger partial charge in [0, 0.05) is 32.9 Å². The lowest BCUT2D eigenvalue weighted by Crippen LogP contribution is -2.16. The van der Waals surface area contributed by atoms with Crippen molar-refractivity contribution in [1.82, 2.24) is 15.0 Å². The second-order valence-corrected chi connectivity index (χ2v) is 19.1. The number of aromatic nitrogens is 3. The highest BCUT2D eigenvalue weighted by atomic mass is 32.2. The van der Waals surface area contributed by atoms with E-state index in [-0.39, 0.29) is 61.6 Å². The summed E-state index contributed by atoms with van der Waals surface area (Å²) in [7, 11) is -19.8. The molecule has 0 aliphatic heterocycles. The fourth-order valence-corrected chi connectivity index (χ4v) is 9.19. The number of hydrogen-bond acceptors (Lipinski definition) is 19. The number of nitrogens with zero attached hydrogens (tertiary/aromatic N) is 6. The van der Waals surface area contributed by atoms with Crippen molar-refractivity contribution in [2.24, 2.45) is 20.5 Å². The smallest absolute Gasteiger partial charge is 0.351 e. The van der Waals surface area contributed by atoms with E-state index in [1.54, 1.807) is 0 Å². The molecule has 0 amide bonds. The highest BCUT2D eigenvalue weighted by molar-refractivity contribution is 7.87. The van der Waals surface area contributed by atoms with Gasteiger partial charge in [-0.05, 0) is 72.8 Å². The van der Waals surface area contributed by atoms with Crippen molar-refractivity contribution in [3.8, 4) is 0 Å². The van der Waals surface area contributed by atoms with Crippen molar-refractivity contribution in [1.29, 1.82) is 0 Å². The predicted molar refractivity (Wildman–Crippen MR) is 232 cm³/mol. The van der Waals surface area contributed by atoms with Crippen molar-refractivity contribution in [3.05, 3.63) is 119 Å². The molecule has 0 saturated carbocycles. The van der Waals surface area contributed by atoms with Crippen LogP contribution in [0, 0.1) is 0 Å². The van der Waals surface area contributed by atoms with Crippen LogP contribution in [-0.2, 0) is 40.5 Å². The van der Waals surface area contributed by atoms with Crippen LogP contribution in [0.2, 0.25) is 0 Å². The van der Waals surface area contributed by atoms with Crippen LogP contribution in [0.3, 0.4) is 0 Å². The monoisotopic (exact) mass is 995 g/mol. The molecule has 1 aromatic heterocycles. The molecule has 0 radical (unpaired) electrons. The second kappa shape index (κ2) is 17.4. The number of rotatable bonds is 14. The summed E-state index contributed by atoms with van der Waals surface area (Å²) in [6.45, 7) is 0. The van der Waals surface area contributed by atoms with E-state index in [1.807, 2.05) is 0 Å². The number of carboxylic acids is 2. The minimum absolute atomic E-state index is 0.0129. The van der Waals surface area contributed by atoms with Gasteiger partial charge in [0.25, 0.3) is 40.5 Å². The van der Waals surface area contributed by atoms with Crippen molar-refractivity contribution in [2.75, 3.05) is 10.6 Å². The van der Waals surface area contributed by atoms with Crippen LogP contribution < -0.4 is 16.3 Å². The molecule has 30 heteroatoms. The number of nitrogens with one attached hydrogen (secondary N) is 3. The maximum absolute atomic E-state index is 12.5. The van der Waals surface area contributed by atoms with E-state index in [2.05, 4.69) is 46.0 Å². The lowest BCUT2D eigenvalue weighted by Gasteiger charge is -2.10. The molecule has 344 valence electrons. The highest BCUT2D eigenvalue weighted by Gasteiger charge is 2.24. The molecule has 0 unspecified atom stereocenters. The van der Waals surface area contributed by atoms with Gasteiger partial charge in [0.15, 0.2) is 0 Å².